The second-order valence-electron chi connectivity index (χ2n) is 4.42. The van der Waals surface area contributed by atoms with Crippen LogP contribution in [0.15, 0.2) is 60.7 Å². The average Bonchev–Trinajstić information content (AvgIpc) is 2.55. The minimum Gasteiger partial charge on any atom is -0.478 e. The van der Waals surface area contributed by atoms with E-state index in [1.807, 2.05) is 30.3 Å². The molecule has 0 heterocycles. The van der Waals surface area contributed by atoms with Crippen LogP contribution in [0.3, 0.4) is 0 Å². The van der Waals surface area contributed by atoms with Gasteiger partial charge < -0.3 is 15.6 Å². The number of hydrogen-bond acceptors (Lipinski definition) is 4. The number of esters is 1. The molecule has 23 heavy (non-hydrogen) atoms. The third kappa shape index (κ3) is 7.47. The van der Waals surface area contributed by atoms with Gasteiger partial charge in [0.25, 0.3) is 0 Å². The molecule has 0 amide bonds. The lowest BCUT2D eigenvalue weighted by atomic mass is 10.2. The van der Waals surface area contributed by atoms with E-state index in [2.05, 4.69) is 0 Å². The molecule has 0 aliphatic carbocycles. The predicted molar refractivity (Wildman–Crippen MR) is 89.9 cm³/mol. The summed E-state index contributed by atoms with van der Waals surface area (Å²) in [6, 6.07) is 15.9. The molecule has 0 aliphatic heterocycles. The highest BCUT2D eigenvalue weighted by atomic mass is 16.5. The van der Waals surface area contributed by atoms with Gasteiger partial charge in [-0.2, -0.15) is 0 Å². The number of carbonyl (C=O) groups excluding carboxylic acids is 1. The number of carboxylic acid groups (broad SMARTS) is 1. The Morgan fingerprint density at radius 1 is 1.09 bits per heavy atom. The Hall–Kier alpha value is -3.08. The first-order valence-corrected chi connectivity index (χ1v) is 7.01. The van der Waals surface area contributed by atoms with Crippen molar-refractivity contribution in [3.05, 3.63) is 71.8 Å². The largest absolute Gasteiger partial charge is 0.478 e. The van der Waals surface area contributed by atoms with Crippen LogP contribution in [0.1, 0.15) is 22.8 Å². The molecule has 2 aromatic carbocycles. The molecule has 0 spiro atoms. The number of carboxylic acids is 1. The van der Waals surface area contributed by atoms with Crippen molar-refractivity contribution in [2.75, 3.05) is 12.3 Å². The van der Waals surface area contributed by atoms with Gasteiger partial charge in [-0.3, -0.25) is 0 Å². The first-order chi connectivity index (χ1) is 11.0. The van der Waals surface area contributed by atoms with E-state index >= 15 is 0 Å². The highest BCUT2D eigenvalue weighted by molar-refractivity contribution is 5.89. The van der Waals surface area contributed by atoms with Gasteiger partial charge in [0, 0.05) is 11.8 Å². The Balaban J connectivity index is 0.000000231. The summed E-state index contributed by atoms with van der Waals surface area (Å²) in [5.41, 5.74) is 7.52. The zero-order valence-corrected chi connectivity index (χ0v) is 12.8. The van der Waals surface area contributed by atoms with Crippen LogP contribution in [-0.4, -0.2) is 23.7 Å². The molecule has 5 heteroatoms. The maximum atomic E-state index is 11.1. The van der Waals surface area contributed by atoms with Crippen LogP contribution in [0.2, 0.25) is 0 Å². The molecule has 3 N–H and O–H groups in total. The smallest absolute Gasteiger partial charge is 0.338 e. The van der Waals surface area contributed by atoms with Crippen molar-refractivity contribution in [2.24, 2.45) is 0 Å². The van der Waals surface area contributed by atoms with Gasteiger partial charge >= 0.3 is 11.9 Å². The van der Waals surface area contributed by atoms with Crippen LogP contribution < -0.4 is 5.73 Å². The number of hydrogen-bond donors (Lipinski definition) is 2. The maximum Gasteiger partial charge on any atom is 0.338 e. The van der Waals surface area contributed by atoms with Crippen molar-refractivity contribution in [1.29, 1.82) is 0 Å². The number of carbonyl (C=O) groups is 2. The molecule has 0 aliphatic rings. The lowest BCUT2D eigenvalue weighted by molar-refractivity contribution is -0.131. The Labute approximate surface area is 135 Å². The third-order valence-corrected chi connectivity index (χ3v) is 2.64. The van der Waals surface area contributed by atoms with E-state index in [0.29, 0.717) is 17.9 Å². The zero-order valence-electron chi connectivity index (χ0n) is 12.8. The standard InChI is InChI=1S/C9H11NO2.C9H8O2/c1-2-12-9(11)7-3-5-8(10)6-4-7;10-9(11)7-6-8-4-2-1-3-5-8/h3-6H,2,10H2,1H3;1-7H,(H,10,11). The van der Waals surface area contributed by atoms with E-state index < -0.39 is 5.97 Å². The number of aliphatic carboxylic acids is 1. The molecule has 120 valence electrons. The second kappa shape index (κ2) is 9.78. The Kier molecular flexibility index (Phi) is 7.64. The minimum absolute atomic E-state index is 0.308. The number of nitrogen functional groups attached to an aromatic ring is 1. The van der Waals surface area contributed by atoms with E-state index in [9.17, 15) is 9.59 Å². The lowest BCUT2D eigenvalue weighted by Crippen LogP contribution is -2.04. The third-order valence-electron chi connectivity index (χ3n) is 2.64. The summed E-state index contributed by atoms with van der Waals surface area (Å²) in [7, 11) is 0. The molecule has 2 aromatic rings. The normalized spacial score (nSPS) is 9.78. The number of nitrogens with two attached hydrogens (primary N) is 1. The van der Waals surface area contributed by atoms with Crippen LogP contribution in [0.25, 0.3) is 6.08 Å². The average molecular weight is 313 g/mol. The van der Waals surface area contributed by atoms with Gasteiger partial charge in [-0.05, 0) is 42.8 Å². The molecule has 0 aromatic heterocycles. The van der Waals surface area contributed by atoms with Crippen LogP contribution in [0.5, 0.6) is 0 Å². The first kappa shape index (κ1) is 18.0. The van der Waals surface area contributed by atoms with E-state index in [0.717, 1.165) is 11.6 Å². The SMILES string of the molecule is CCOC(=O)c1ccc(N)cc1.O=C(O)C=Cc1ccccc1. The minimum atomic E-state index is -0.922. The van der Waals surface area contributed by atoms with Crippen molar-refractivity contribution in [1.82, 2.24) is 0 Å². The monoisotopic (exact) mass is 313 g/mol. The van der Waals surface area contributed by atoms with Crippen molar-refractivity contribution in [3.8, 4) is 0 Å². The summed E-state index contributed by atoms with van der Waals surface area (Å²) in [6.07, 6.45) is 2.68. The fourth-order valence-electron chi connectivity index (χ4n) is 1.57. The Bertz CT molecular complexity index is 648. The quantitative estimate of drug-likeness (QED) is 0.514. The van der Waals surface area contributed by atoms with Gasteiger partial charge in [0.05, 0.1) is 12.2 Å². The fraction of sp³-hybridized carbons (Fsp3) is 0.111. The summed E-state index contributed by atoms with van der Waals surface area (Å²) in [4.78, 5) is 21.2. The van der Waals surface area contributed by atoms with Gasteiger partial charge in [-0.15, -0.1) is 0 Å². The number of rotatable bonds is 4. The topological polar surface area (TPSA) is 89.6 Å². The van der Waals surface area contributed by atoms with Crippen molar-refractivity contribution in [3.63, 3.8) is 0 Å². The molecule has 2 rings (SSSR count). The summed E-state index contributed by atoms with van der Waals surface area (Å²) in [5, 5.41) is 8.29. The Morgan fingerprint density at radius 3 is 2.22 bits per heavy atom. The number of anilines is 1. The van der Waals surface area contributed by atoms with Gasteiger partial charge in [-0.1, -0.05) is 30.3 Å². The molecule has 0 saturated heterocycles. The fourth-order valence-corrected chi connectivity index (χ4v) is 1.57. The molecular weight excluding hydrogens is 294 g/mol. The van der Waals surface area contributed by atoms with E-state index in [1.165, 1.54) is 0 Å². The van der Waals surface area contributed by atoms with Gasteiger partial charge in [0.2, 0.25) is 0 Å². The zero-order chi connectivity index (χ0) is 17.1. The molecule has 0 saturated carbocycles. The van der Waals surface area contributed by atoms with E-state index in [1.54, 1.807) is 37.3 Å². The highest BCUT2D eigenvalue weighted by Gasteiger charge is 2.03. The summed E-state index contributed by atoms with van der Waals surface area (Å²) >= 11 is 0. The molecular formula is C18H19NO4. The second-order valence-corrected chi connectivity index (χ2v) is 4.42. The summed E-state index contributed by atoms with van der Waals surface area (Å²) < 4.78 is 4.79. The maximum absolute atomic E-state index is 11.1. The molecule has 0 bridgehead atoms. The van der Waals surface area contributed by atoms with Gasteiger partial charge in [0.15, 0.2) is 0 Å². The molecule has 0 unspecified atom stereocenters. The van der Waals surface area contributed by atoms with Crippen LogP contribution in [-0.2, 0) is 9.53 Å². The van der Waals surface area contributed by atoms with Crippen LogP contribution >= 0.6 is 0 Å². The van der Waals surface area contributed by atoms with Crippen LogP contribution in [0, 0.1) is 0 Å². The highest BCUT2D eigenvalue weighted by Crippen LogP contribution is 2.06. The summed E-state index contributed by atoms with van der Waals surface area (Å²) in [6.45, 7) is 2.17. The van der Waals surface area contributed by atoms with Crippen molar-refractivity contribution < 1.29 is 19.4 Å². The number of benzene rings is 2. The predicted octanol–water partition coefficient (Wildman–Crippen LogP) is 3.23. The molecule has 0 atom stereocenters. The van der Waals surface area contributed by atoms with Crippen LogP contribution in [0.4, 0.5) is 5.69 Å². The first-order valence-electron chi connectivity index (χ1n) is 7.01. The number of ether oxygens (including phenoxy) is 1. The van der Waals surface area contributed by atoms with Crippen molar-refractivity contribution >= 4 is 23.7 Å². The van der Waals surface area contributed by atoms with Gasteiger partial charge in [-0.25, -0.2) is 9.59 Å². The van der Waals surface area contributed by atoms with E-state index in [-0.39, 0.29) is 5.97 Å². The van der Waals surface area contributed by atoms with Gasteiger partial charge in [0.1, 0.15) is 0 Å². The molecule has 0 fully saturated rings. The van der Waals surface area contributed by atoms with E-state index in [4.69, 9.17) is 15.6 Å². The van der Waals surface area contributed by atoms with Crippen molar-refractivity contribution in [2.45, 2.75) is 6.92 Å². The Morgan fingerprint density at radius 2 is 1.70 bits per heavy atom. The lowest BCUT2D eigenvalue weighted by Gasteiger charge is -2.00. The summed E-state index contributed by atoms with van der Waals surface area (Å²) in [5.74, 6) is -1.23. The molecule has 5 nitrogen and oxygen atoms in total. The molecule has 0 radical (unpaired) electrons.